The maximum Gasteiger partial charge on any atom is 0.244 e. The first-order valence-electron chi connectivity index (χ1n) is 6.49. The Morgan fingerprint density at radius 3 is 2.42 bits per heavy atom. The van der Waals surface area contributed by atoms with E-state index in [4.69, 9.17) is 5.73 Å². The summed E-state index contributed by atoms with van der Waals surface area (Å²) in [5.74, 6) is 0.120. The molecule has 0 aliphatic rings. The molecule has 0 saturated heterocycles. The molecule has 1 amide bonds. The zero-order valence-electron chi connectivity index (χ0n) is 12.0. The van der Waals surface area contributed by atoms with Crippen LogP contribution in [0.2, 0.25) is 0 Å². The lowest BCUT2D eigenvalue weighted by atomic mass is 10.2. The predicted octanol–water partition coefficient (Wildman–Crippen LogP) is 2.72. The summed E-state index contributed by atoms with van der Waals surface area (Å²) in [6.45, 7) is 7.33. The average Bonchev–Trinajstić information content (AvgIpc) is 2.38. The van der Waals surface area contributed by atoms with E-state index in [1.807, 2.05) is 55.8 Å². The van der Waals surface area contributed by atoms with Crippen molar-refractivity contribution in [3.63, 3.8) is 0 Å². The van der Waals surface area contributed by atoms with Gasteiger partial charge in [-0.25, -0.2) is 0 Å². The second kappa shape index (κ2) is 6.80. The van der Waals surface area contributed by atoms with Crippen molar-refractivity contribution in [2.24, 2.45) is 0 Å². The van der Waals surface area contributed by atoms with Crippen molar-refractivity contribution in [2.45, 2.75) is 26.8 Å². The highest BCUT2D eigenvalue weighted by Gasteiger charge is 2.23. The number of halogens is 1. The molecule has 1 rings (SSSR count). The van der Waals surface area contributed by atoms with Crippen LogP contribution in [0, 0.1) is 0 Å². The molecule has 1 unspecified atom stereocenters. The molecular formula is C14H22BrN3O. The quantitative estimate of drug-likeness (QED) is 0.846. The van der Waals surface area contributed by atoms with Crippen molar-refractivity contribution in [2.75, 3.05) is 30.8 Å². The van der Waals surface area contributed by atoms with E-state index in [0.717, 1.165) is 23.2 Å². The van der Waals surface area contributed by atoms with Crippen molar-refractivity contribution in [3.05, 3.63) is 22.7 Å². The number of carbonyl (C=O) groups is 1. The smallest absolute Gasteiger partial charge is 0.244 e. The van der Waals surface area contributed by atoms with Crippen LogP contribution in [0.1, 0.15) is 20.8 Å². The van der Waals surface area contributed by atoms with Crippen LogP contribution in [0.25, 0.3) is 0 Å². The Morgan fingerprint density at radius 2 is 1.95 bits per heavy atom. The van der Waals surface area contributed by atoms with Crippen LogP contribution < -0.4 is 10.6 Å². The van der Waals surface area contributed by atoms with Gasteiger partial charge in [0.2, 0.25) is 5.91 Å². The largest absolute Gasteiger partial charge is 0.397 e. The summed E-state index contributed by atoms with van der Waals surface area (Å²) >= 11 is 3.38. The number of hydrogen-bond donors (Lipinski definition) is 1. The fraction of sp³-hybridized carbons (Fsp3) is 0.500. The van der Waals surface area contributed by atoms with E-state index in [-0.39, 0.29) is 11.9 Å². The molecule has 0 aromatic heterocycles. The lowest BCUT2D eigenvalue weighted by Crippen LogP contribution is -2.45. The van der Waals surface area contributed by atoms with E-state index in [1.54, 1.807) is 0 Å². The van der Waals surface area contributed by atoms with Gasteiger partial charge in [-0.2, -0.15) is 0 Å². The van der Waals surface area contributed by atoms with Gasteiger partial charge >= 0.3 is 0 Å². The minimum Gasteiger partial charge on any atom is -0.397 e. The third-order valence-corrected chi connectivity index (χ3v) is 3.88. The molecule has 0 bridgehead atoms. The number of anilines is 2. The summed E-state index contributed by atoms with van der Waals surface area (Å²) in [5, 5.41) is 0. The minimum atomic E-state index is -0.233. The number of hydrogen-bond acceptors (Lipinski definition) is 3. The third-order valence-electron chi connectivity index (χ3n) is 3.38. The van der Waals surface area contributed by atoms with Gasteiger partial charge in [0.25, 0.3) is 0 Å². The van der Waals surface area contributed by atoms with E-state index >= 15 is 0 Å². The van der Waals surface area contributed by atoms with Crippen LogP contribution in [0.4, 0.5) is 11.4 Å². The number of amides is 1. The second-order valence-electron chi connectivity index (χ2n) is 4.50. The van der Waals surface area contributed by atoms with Crippen LogP contribution >= 0.6 is 15.9 Å². The molecule has 0 fully saturated rings. The maximum absolute atomic E-state index is 12.3. The Morgan fingerprint density at radius 1 is 1.37 bits per heavy atom. The van der Waals surface area contributed by atoms with Gasteiger partial charge in [-0.05, 0) is 39.0 Å². The SMILES string of the molecule is CCN(CC)C(=O)C(C)N(C)c1ccc(Br)cc1N. The molecule has 0 aliphatic heterocycles. The number of nitrogens with zero attached hydrogens (tertiary/aromatic N) is 2. The number of nitrogen functional groups attached to an aromatic ring is 1. The van der Waals surface area contributed by atoms with Gasteiger partial charge in [0, 0.05) is 24.6 Å². The Hall–Kier alpha value is -1.23. The molecule has 19 heavy (non-hydrogen) atoms. The standard InChI is InChI=1S/C14H22BrN3O/c1-5-18(6-2)14(19)10(3)17(4)13-8-7-11(15)9-12(13)16/h7-10H,5-6,16H2,1-4H3. The Balaban J connectivity index is 2.92. The van der Waals surface area contributed by atoms with E-state index in [2.05, 4.69) is 15.9 Å². The average molecular weight is 328 g/mol. The van der Waals surface area contributed by atoms with Crippen LogP contribution in [0.15, 0.2) is 22.7 Å². The lowest BCUT2D eigenvalue weighted by molar-refractivity contribution is -0.131. The monoisotopic (exact) mass is 327 g/mol. The summed E-state index contributed by atoms with van der Waals surface area (Å²) in [4.78, 5) is 16.1. The molecule has 0 aliphatic carbocycles. The summed E-state index contributed by atoms with van der Waals surface area (Å²) < 4.78 is 0.935. The molecule has 1 aromatic carbocycles. The number of rotatable bonds is 5. The zero-order chi connectivity index (χ0) is 14.6. The summed E-state index contributed by atoms with van der Waals surface area (Å²) in [5.41, 5.74) is 7.54. The summed E-state index contributed by atoms with van der Waals surface area (Å²) in [6.07, 6.45) is 0. The van der Waals surface area contributed by atoms with Crippen LogP contribution in [0.3, 0.4) is 0 Å². The molecule has 0 heterocycles. The Labute approximate surface area is 123 Å². The first-order valence-corrected chi connectivity index (χ1v) is 7.28. The number of likely N-dealkylation sites (N-methyl/N-ethyl adjacent to an activating group) is 2. The summed E-state index contributed by atoms with van der Waals surface area (Å²) in [7, 11) is 1.89. The number of carbonyl (C=O) groups excluding carboxylic acids is 1. The zero-order valence-corrected chi connectivity index (χ0v) is 13.6. The lowest BCUT2D eigenvalue weighted by Gasteiger charge is -2.31. The fourth-order valence-electron chi connectivity index (χ4n) is 2.02. The van der Waals surface area contributed by atoms with E-state index in [9.17, 15) is 4.79 Å². The minimum absolute atomic E-state index is 0.120. The number of nitrogens with two attached hydrogens (primary N) is 1. The van der Waals surface area contributed by atoms with Gasteiger partial charge in [0.15, 0.2) is 0 Å². The van der Waals surface area contributed by atoms with E-state index in [1.165, 1.54) is 0 Å². The highest BCUT2D eigenvalue weighted by molar-refractivity contribution is 9.10. The van der Waals surface area contributed by atoms with Gasteiger partial charge in [-0.1, -0.05) is 15.9 Å². The van der Waals surface area contributed by atoms with Gasteiger partial charge in [0.05, 0.1) is 11.4 Å². The Bertz CT molecular complexity index is 446. The highest BCUT2D eigenvalue weighted by atomic mass is 79.9. The third kappa shape index (κ3) is 3.62. The molecule has 0 spiro atoms. The molecule has 0 saturated carbocycles. The van der Waals surface area contributed by atoms with E-state index in [0.29, 0.717) is 5.69 Å². The topological polar surface area (TPSA) is 49.6 Å². The first-order chi connectivity index (χ1) is 8.92. The van der Waals surface area contributed by atoms with E-state index < -0.39 is 0 Å². The molecule has 5 heteroatoms. The van der Waals surface area contributed by atoms with Gasteiger partial charge < -0.3 is 15.5 Å². The molecule has 106 valence electrons. The number of benzene rings is 1. The van der Waals surface area contributed by atoms with Gasteiger partial charge in [0.1, 0.15) is 6.04 Å². The molecule has 4 nitrogen and oxygen atoms in total. The second-order valence-corrected chi connectivity index (χ2v) is 5.42. The van der Waals surface area contributed by atoms with Crippen molar-refractivity contribution in [1.82, 2.24) is 4.90 Å². The highest BCUT2D eigenvalue weighted by Crippen LogP contribution is 2.27. The molecule has 0 radical (unpaired) electrons. The Kier molecular flexibility index (Phi) is 5.66. The molecule has 1 atom stereocenters. The van der Waals surface area contributed by atoms with Crippen molar-refractivity contribution < 1.29 is 4.79 Å². The first kappa shape index (κ1) is 15.8. The molecule has 1 aromatic rings. The van der Waals surface area contributed by atoms with Crippen molar-refractivity contribution in [3.8, 4) is 0 Å². The van der Waals surface area contributed by atoms with Gasteiger partial charge in [-0.15, -0.1) is 0 Å². The van der Waals surface area contributed by atoms with Crippen LogP contribution in [-0.2, 0) is 4.79 Å². The normalized spacial score (nSPS) is 12.1. The molecule has 2 N–H and O–H groups in total. The van der Waals surface area contributed by atoms with Crippen molar-refractivity contribution in [1.29, 1.82) is 0 Å². The maximum atomic E-state index is 12.3. The van der Waals surface area contributed by atoms with Crippen LogP contribution in [-0.4, -0.2) is 37.0 Å². The van der Waals surface area contributed by atoms with Crippen LogP contribution in [0.5, 0.6) is 0 Å². The fourth-order valence-corrected chi connectivity index (χ4v) is 2.40. The van der Waals surface area contributed by atoms with Gasteiger partial charge in [-0.3, -0.25) is 4.79 Å². The van der Waals surface area contributed by atoms with Crippen molar-refractivity contribution >= 4 is 33.2 Å². The molecular weight excluding hydrogens is 306 g/mol. The predicted molar refractivity (Wildman–Crippen MR) is 84.3 cm³/mol. The summed E-state index contributed by atoms with van der Waals surface area (Å²) in [6, 6.07) is 5.46.